The van der Waals surface area contributed by atoms with Crippen molar-refractivity contribution in [1.82, 2.24) is 0 Å². The van der Waals surface area contributed by atoms with Crippen LogP contribution in [-0.2, 0) is 14.3 Å². The van der Waals surface area contributed by atoms with Crippen LogP contribution in [0, 0.1) is 0 Å². The summed E-state index contributed by atoms with van der Waals surface area (Å²) in [6.07, 6.45) is 9.11. The van der Waals surface area contributed by atoms with Crippen molar-refractivity contribution in [3.05, 3.63) is 0 Å². The molecule has 0 amide bonds. The second kappa shape index (κ2) is 12.5. The molecule has 0 aliphatic carbocycles. The van der Waals surface area contributed by atoms with Crippen LogP contribution in [0.25, 0.3) is 0 Å². The van der Waals surface area contributed by atoms with Crippen molar-refractivity contribution < 1.29 is 14.3 Å². The normalized spacial score (nSPS) is 12.4. The van der Waals surface area contributed by atoms with Crippen LogP contribution in [0.2, 0.25) is 0 Å². The van der Waals surface area contributed by atoms with Crippen LogP contribution < -0.4 is 0 Å². The molecule has 0 saturated heterocycles. The fourth-order valence-corrected chi connectivity index (χ4v) is 1.56. The van der Waals surface area contributed by atoms with E-state index in [2.05, 4.69) is 11.7 Å². The van der Waals surface area contributed by atoms with E-state index in [4.69, 9.17) is 4.74 Å². The molecule has 0 saturated carbocycles. The van der Waals surface area contributed by atoms with Gasteiger partial charge in [-0.15, -0.1) is 0 Å². The Morgan fingerprint density at radius 2 is 1.62 bits per heavy atom. The maximum atomic E-state index is 9.98. The van der Waals surface area contributed by atoms with E-state index in [1.54, 1.807) is 0 Å². The lowest BCUT2D eigenvalue weighted by Crippen LogP contribution is -2.15. The first-order valence-corrected chi connectivity index (χ1v) is 6.49. The summed E-state index contributed by atoms with van der Waals surface area (Å²) < 4.78 is 10.00. The van der Waals surface area contributed by atoms with E-state index in [9.17, 15) is 4.79 Å². The Labute approximate surface area is 99.5 Å². The summed E-state index contributed by atoms with van der Waals surface area (Å²) in [5, 5.41) is 0. The van der Waals surface area contributed by atoms with Gasteiger partial charge in [-0.3, -0.25) is 0 Å². The average Bonchev–Trinajstić information content (AvgIpc) is 2.31. The molecule has 3 heteroatoms. The Morgan fingerprint density at radius 3 is 2.19 bits per heavy atom. The van der Waals surface area contributed by atoms with Crippen LogP contribution in [-0.4, -0.2) is 19.4 Å². The monoisotopic (exact) mass is 229 g/mol. The molecule has 1 unspecified atom stereocenters. The zero-order valence-corrected chi connectivity index (χ0v) is 10.7. The number of unbranched alkanes of at least 4 members (excludes halogenated alkanes) is 6. The topological polar surface area (TPSA) is 35.5 Å². The second-order valence-electron chi connectivity index (χ2n) is 4.03. The van der Waals surface area contributed by atoms with Gasteiger partial charge in [0.2, 0.25) is 6.29 Å². The molecule has 16 heavy (non-hydrogen) atoms. The van der Waals surface area contributed by atoms with Crippen molar-refractivity contribution in [3.63, 3.8) is 0 Å². The van der Waals surface area contributed by atoms with Gasteiger partial charge in [-0.25, -0.2) is 4.79 Å². The van der Waals surface area contributed by atoms with Crippen molar-refractivity contribution >= 4 is 6.47 Å². The summed E-state index contributed by atoms with van der Waals surface area (Å²) in [7, 11) is 0. The maximum absolute atomic E-state index is 9.98. The van der Waals surface area contributed by atoms with Crippen molar-refractivity contribution in [3.8, 4) is 0 Å². The summed E-state index contributed by atoms with van der Waals surface area (Å²) in [6, 6.07) is 0. The van der Waals surface area contributed by atoms with Gasteiger partial charge in [0.25, 0.3) is 0 Å². The highest BCUT2D eigenvalue weighted by Gasteiger charge is 2.05. The maximum Gasteiger partial charge on any atom is 0.419 e. The molecule has 0 aliphatic heterocycles. The zero-order valence-electron chi connectivity index (χ0n) is 10.7. The molecule has 0 heterocycles. The van der Waals surface area contributed by atoms with Gasteiger partial charge in [0.1, 0.15) is 0 Å². The van der Waals surface area contributed by atoms with Gasteiger partial charge in [0.15, 0.2) is 0 Å². The number of ether oxygens (including phenoxy) is 2. The first kappa shape index (κ1) is 15.4. The van der Waals surface area contributed by atoms with E-state index < -0.39 is 6.29 Å². The third kappa shape index (κ3) is 9.97. The third-order valence-electron chi connectivity index (χ3n) is 2.56. The van der Waals surface area contributed by atoms with E-state index in [0.717, 1.165) is 6.42 Å². The SMILES string of the molecule is CCCCCCCCCOC(CC)O[C]=O. The third-order valence-corrected chi connectivity index (χ3v) is 2.56. The number of carbonyl (C=O) groups excluding carboxylic acids is 1. The zero-order chi connectivity index (χ0) is 12.1. The van der Waals surface area contributed by atoms with E-state index >= 15 is 0 Å². The minimum Gasteiger partial charge on any atom is -0.427 e. The van der Waals surface area contributed by atoms with Crippen LogP contribution in [0.4, 0.5) is 0 Å². The predicted octanol–water partition coefficient (Wildman–Crippen LogP) is 3.57. The van der Waals surface area contributed by atoms with Crippen LogP contribution in [0.1, 0.15) is 65.2 Å². The van der Waals surface area contributed by atoms with Crippen LogP contribution in [0.3, 0.4) is 0 Å². The number of hydrogen-bond donors (Lipinski definition) is 0. The van der Waals surface area contributed by atoms with E-state index in [1.807, 2.05) is 6.92 Å². The highest BCUT2D eigenvalue weighted by Crippen LogP contribution is 2.08. The van der Waals surface area contributed by atoms with Crippen molar-refractivity contribution in [1.29, 1.82) is 0 Å². The quantitative estimate of drug-likeness (QED) is 0.379. The Balaban J connectivity index is 3.15. The molecule has 0 spiro atoms. The molecule has 0 aromatic rings. The molecule has 95 valence electrons. The Morgan fingerprint density at radius 1 is 1.00 bits per heavy atom. The van der Waals surface area contributed by atoms with Crippen molar-refractivity contribution in [2.75, 3.05) is 6.61 Å². The fraction of sp³-hybridized carbons (Fsp3) is 0.923. The van der Waals surface area contributed by atoms with Crippen LogP contribution >= 0.6 is 0 Å². The molecule has 3 nitrogen and oxygen atoms in total. The van der Waals surface area contributed by atoms with E-state index in [0.29, 0.717) is 13.0 Å². The molecule has 0 rings (SSSR count). The Bertz CT molecular complexity index is 148. The predicted molar refractivity (Wildman–Crippen MR) is 64.8 cm³/mol. The molecule has 0 bridgehead atoms. The first-order chi connectivity index (χ1) is 7.85. The lowest BCUT2D eigenvalue weighted by Gasteiger charge is -2.12. The number of rotatable bonds is 12. The van der Waals surface area contributed by atoms with E-state index in [1.165, 1.54) is 45.0 Å². The van der Waals surface area contributed by atoms with Gasteiger partial charge >= 0.3 is 6.47 Å². The summed E-state index contributed by atoms with van der Waals surface area (Å²) in [5.74, 6) is 0. The average molecular weight is 229 g/mol. The molecule has 0 aliphatic rings. The first-order valence-electron chi connectivity index (χ1n) is 6.49. The van der Waals surface area contributed by atoms with Crippen molar-refractivity contribution in [2.24, 2.45) is 0 Å². The van der Waals surface area contributed by atoms with Gasteiger partial charge in [0.05, 0.1) is 6.61 Å². The summed E-state index contributed by atoms with van der Waals surface area (Å²) in [4.78, 5) is 9.98. The van der Waals surface area contributed by atoms with Crippen molar-refractivity contribution in [2.45, 2.75) is 71.5 Å². The number of hydrogen-bond acceptors (Lipinski definition) is 3. The summed E-state index contributed by atoms with van der Waals surface area (Å²) >= 11 is 0. The highest BCUT2D eigenvalue weighted by molar-refractivity contribution is 5.38. The lowest BCUT2D eigenvalue weighted by atomic mass is 10.1. The van der Waals surface area contributed by atoms with Gasteiger partial charge < -0.3 is 9.47 Å². The highest BCUT2D eigenvalue weighted by atomic mass is 16.7. The minimum absolute atomic E-state index is 0.405. The summed E-state index contributed by atoms with van der Waals surface area (Å²) in [6.45, 7) is 6.24. The largest absolute Gasteiger partial charge is 0.427 e. The standard InChI is InChI=1S/C13H25O3/c1-3-5-6-7-8-9-10-11-15-13(4-2)16-12-14/h13H,3-11H2,1-2H3. The van der Waals surface area contributed by atoms with Crippen LogP contribution in [0.15, 0.2) is 0 Å². The van der Waals surface area contributed by atoms with E-state index in [-0.39, 0.29) is 0 Å². The van der Waals surface area contributed by atoms with Gasteiger partial charge in [-0.2, -0.15) is 0 Å². The Hall–Kier alpha value is -0.570. The molecule has 0 aromatic heterocycles. The molecular formula is C13H25O3. The van der Waals surface area contributed by atoms with Crippen LogP contribution in [0.5, 0.6) is 0 Å². The smallest absolute Gasteiger partial charge is 0.419 e. The minimum atomic E-state index is -0.405. The molecule has 0 N–H and O–H groups in total. The molecular weight excluding hydrogens is 204 g/mol. The lowest BCUT2D eigenvalue weighted by molar-refractivity contribution is -0.0914. The Kier molecular flexibility index (Phi) is 12.1. The second-order valence-corrected chi connectivity index (χ2v) is 4.03. The molecule has 1 radical (unpaired) electrons. The fourth-order valence-electron chi connectivity index (χ4n) is 1.56. The van der Waals surface area contributed by atoms with Gasteiger partial charge in [0, 0.05) is 6.42 Å². The molecule has 1 atom stereocenters. The van der Waals surface area contributed by atoms with Gasteiger partial charge in [-0.05, 0) is 6.42 Å². The molecule has 0 fully saturated rings. The molecule has 0 aromatic carbocycles. The van der Waals surface area contributed by atoms with Gasteiger partial charge in [-0.1, -0.05) is 52.4 Å². The summed E-state index contributed by atoms with van der Waals surface area (Å²) in [5.41, 5.74) is 0.